The number of benzene rings is 3. The lowest BCUT2D eigenvalue weighted by Gasteiger charge is -2.22. The summed E-state index contributed by atoms with van der Waals surface area (Å²) < 4.78 is 16.4. The topological polar surface area (TPSA) is 94.2 Å². The summed E-state index contributed by atoms with van der Waals surface area (Å²) >= 11 is 0. The van der Waals surface area contributed by atoms with Gasteiger partial charge in [0.25, 0.3) is 5.91 Å². The van der Waals surface area contributed by atoms with Crippen LogP contribution in [0.3, 0.4) is 0 Å². The summed E-state index contributed by atoms with van der Waals surface area (Å²) in [5.41, 5.74) is 1.64. The van der Waals surface area contributed by atoms with Crippen LogP contribution in [-0.4, -0.2) is 50.0 Å². The number of ether oxygens (including phenoxy) is 3. The number of rotatable bonds is 15. The Kier molecular flexibility index (Phi) is 12.0. The van der Waals surface area contributed by atoms with Gasteiger partial charge in [-0.15, -0.1) is 0 Å². The fraction of sp³-hybridized carbons (Fsp3) is 0.344. The van der Waals surface area contributed by atoms with Gasteiger partial charge in [-0.25, -0.2) is 4.79 Å². The molecule has 2 amide bonds. The monoisotopic (exact) mass is 546 g/mol. The SMILES string of the molecule is CCCCCCCOc1ccc(C(=O)Oc2ccc(CN(CC(=O)NC)C(=O)c3ccc(OC)cc3)cc2)cc1. The van der Waals surface area contributed by atoms with E-state index in [-0.39, 0.29) is 24.9 Å². The first kappa shape index (κ1) is 30.2. The Hall–Kier alpha value is -4.33. The summed E-state index contributed by atoms with van der Waals surface area (Å²) in [6.45, 7) is 2.95. The summed E-state index contributed by atoms with van der Waals surface area (Å²) in [4.78, 5) is 39.3. The number of esters is 1. The van der Waals surface area contributed by atoms with Crippen molar-refractivity contribution in [3.8, 4) is 17.2 Å². The molecule has 0 unspecified atom stereocenters. The first-order valence-corrected chi connectivity index (χ1v) is 13.6. The van der Waals surface area contributed by atoms with Crippen LogP contribution in [0.5, 0.6) is 17.2 Å². The quantitative estimate of drug-likeness (QED) is 0.150. The van der Waals surface area contributed by atoms with Crippen LogP contribution in [0.2, 0.25) is 0 Å². The number of likely N-dealkylation sites (N-methyl/N-ethyl adjacent to an activating group) is 1. The van der Waals surface area contributed by atoms with Gasteiger partial charge in [-0.3, -0.25) is 9.59 Å². The second-order valence-electron chi connectivity index (χ2n) is 9.38. The highest BCUT2D eigenvalue weighted by atomic mass is 16.5. The molecule has 212 valence electrons. The molecule has 3 rings (SSSR count). The predicted octanol–water partition coefficient (Wildman–Crippen LogP) is 5.65. The summed E-state index contributed by atoms with van der Waals surface area (Å²) in [7, 11) is 3.08. The number of nitrogens with one attached hydrogen (secondary N) is 1. The van der Waals surface area contributed by atoms with Crippen molar-refractivity contribution >= 4 is 17.8 Å². The standard InChI is InChI=1S/C32H38N2O6/c1-4-5-6-7-8-21-39-28-19-13-26(14-20-28)32(37)40-29-15-9-24(10-16-29)22-34(23-30(35)33-2)31(36)25-11-17-27(38-3)18-12-25/h9-20H,4-8,21-23H2,1-3H3,(H,33,35). The van der Waals surface area contributed by atoms with Crippen LogP contribution in [0.15, 0.2) is 72.8 Å². The molecule has 40 heavy (non-hydrogen) atoms. The molecule has 0 spiro atoms. The zero-order valence-corrected chi connectivity index (χ0v) is 23.5. The molecule has 0 radical (unpaired) electrons. The van der Waals surface area contributed by atoms with Gasteiger partial charge < -0.3 is 24.4 Å². The number of unbranched alkanes of at least 4 members (excludes halogenated alkanes) is 4. The number of amides is 2. The molecule has 0 heterocycles. The molecule has 3 aromatic carbocycles. The van der Waals surface area contributed by atoms with Gasteiger partial charge in [0.2, 0.25) is 5.91 Å². The molecule has 0 saturated carbocycles. The largest absolute Gasteiger partial charge is 0.497 e. The van der Waals surface area contributed by atoms with E-state index in [0.29, 0.717) is 29.2 Å². The Bertz CT molecular complexity index is 1220. The second-order valence-corrected chi connectivity index (χ2v) is 9.38. The van der Waals surface area contributed by atoms with Crippen LogP contribution < -0.4 is 19.5 Å². The molecule has 0 bridgehead atoms. The van der Waals surface area contributed by atoms with Crippen molar-refractivity contribution in [2.75, 3.05) is 27.3 Å². The predicted molar refractivity (Wildman–Crippen MR) is 154 cm³/mol. The van der Waals surface area contributed by atoms with Crippen molar-refractivity contribution < 1.29 is 28.6 Å². The molecule has 0 atom stereocenters. The van der Waals surface area contributed by atoms with E-state index in [4.69, 9.17) is 14.2 Å². The maximum Gasteiger partial charge on any atom is 0.343 e. The maximum atomic E-state index is 13.1. The lowest BCUT2D eigenvalue weighted by molar-refractivity contribution is -0.121. The molecule has 1 N–H and O–H groups in total. The van der Waals surface area contributed by atoms with Gasteiger partial charge in [-0.2, -0.15) is 0 Å². The third kappa shape index (κ3) is 9.45. The summed E-state index contributed by atoms with van der Waals surface area (Å²) in [5.74, 6) is 0.690. The van der Waals surface area contributed by atoms with Crippen LogP contribution in [-0.2, 0) is 11.3 Å². The van der Waals surface area contributed by atoms with E-state index in [1.165, 1.54) is 31.2 Å². The van der Waals surface area contributed by atoms with E-state index in [1.807, 2.05) is 0 Å². The first-order valence-electron chi connectivity index (χ1n) is 13.6. The molecule has 0 fully saturated rings. The van der Waals surface area contributed by atoms with Crippen LogP contribution in [0, 0.1) is 0 Å². The number of hydrogen-bond donors (Lipinski definition) is 1. The summed E-state index contributed by atoms with van der Waals surface area (Å²) in [5, 5.41) is 2.56. The number of hydrogen-bond acceptors (Lipinski definition) is 6. The average Bonchev–Trinajstić information content (AvgIpc) is 2.99. The van der Waals surface area contributed by atoms with Crippen molar-refractivity contribution in [1.29, 1.82) is 0 Å². The highest BCUT2D eigenvalue weighted by molar-refractivity contribution is 5.96. The second kappa shape index (κ2) is 15.9. The smallest absolute Gasteiger partial charge is 0.343 e. The highest BCUT2D eigenvalue weighted by Crippen LogP contribution is 2.19. The minimum atomic E-state index is -0.477. The number of methoxy groups -OCH3 is 1. The van der Waals surface area contributed by atoms with Crippen molar-refractivity contribution in [2.45, 2.75) is 45.6 Å². The lowest BCUT2D eigenvalue weighted by atomic mass is 10.1. The number of carbonyl (C=O) groups is 3. The van der Waals surface area contributed by atoms with Crippen LogP contribution in [0.25, 0.3) is 0 Å². The molecule has 8 nitrogen and oxygen atoms in total. The molecule has 0 aromatic heterocycles. The number of nitrogens with zero attached hydrogens (tertiary/aromatic N) is 1. The van der Waals surface area contributed by atoms with Gasteiger partial charge in [0, 0.05) is 19.2 Å². The molecule has 0 aliphatic rings. The average molecular weight is 547 g/mol. The van der Waals surface area contributed by atoms with Crippen molar-refractivity contribution in [3.63, 3.8) is 0 Å². The van der Waals surface area contributed by atoms with Crippen LogP contribution in [0.4, 0.5) is 0 Å². The highest BCUT2D eigenvalue weighted by Gasteiger charge is 2.19. The molecule has 8 heteroatoms. The fourth-order valence-corrected chi connectivity index (χ4v) is 4.00. The van der Waals surface area contributed by atoms with Gasteiger partial charge in [0.1, 0.15) is 23.8 Å². The summed E-state index contributed by atoms with van der Waals surface area (Å²) in [6.07, 6.45) is 5.86. The molecule has 0 aliphatic heterocycles. The van der Waals surface area contributed by atoms with Gasteiger partial charge in [-0.1, -0.05) is 44.7 Å². The fourth-order valence-electron chi connectivity index (χ4n) is 4.00. The van der Waals surface area contributed by atoms with Gasteiger partial charge >= 0.3 is 5.97 Å². The van der Waals surface area contributed by atoms with E-state index in [2.05, 4.69) is 12.2 Å². The van der Waals surface area contributed by atoms with Crippen molar-refractivity contribution in [3.05, 3.63) is 89.5 Å². The van der Waals surface area contributed by atoms with E-state index in [9.17, 15) is 14.4 Å². The Labute approximate surface area is 236 Å². The zero-order valence-electron chi connectivity index (χ0n) is 23.5. The molecular formula is C32H38N2O6. The van der Waals surface area contributed by atoms with E-state index < -0.39 is 5.97 Å². The minimum Gasteiger partial charge on any atom is -0.497 e. The normalized spacial score (nSPS) is 10.5. The summed E-state index contributed by atoms with van der Waals surface area (Å²) in [6, 6.07) is 20.5. The Balaban J connectivity index is 1.56. The van der Waals surface area contributed by atoms with Gasteiger partial charge in [0.15, 0.2) is 0 Å². The van der Waals surface area contributed by atoms with E-state index in [0.717, 1.165) is 24.2 Å². The lowest BCUT2D eigenvalue weighted by Crippen LogP contribution is -2.39. The van der Waals surface area contributed by atoms with Gasteiger partial charge in [-0.05, 0) is 72.6 Å². The van der Waals surface area contributed by atoms with Crippen molar-refractivity contribution in [1.82, 2.24) is 10.2 Å². The maximum absolute atomic E-state index is 13.1. The van der Waals surface area contributed by atoms with Gasteiger partial charge in [0.05, 0.1) is 19.3 Å². The van der Waals surface area contributed by atoms with E-state index >= 15 is 0 Å². The van der Waals surface area contributed by atoms with Crippen molar-refractivity contribution in [2.24, 2.45) is 0 Å². The Morgan fingerprint density at radius 3 is 1.98 bits per heavy atom. The van der Waals surface area contributed by atoms with E-state index in [1.54, 1.807) is 79.9 Å². The Morgan fingerprint density at radius 2 is 1.35 bits per heavy atom. The Morgan fingerprint density at radius 1 is 0.750 bits per heavy atom. The minimum absolute atomic E-state index is 0.101. The molecule has 3 aromatic rings. The third-order valence-corrected chi connectivity index (χ3v) is 6.35. The number of carbonyl (C=O) groups excluding carboxylic acids is 3. The third-order valence-electron chi connectivity index (χ3n) is 6.35. The molecule has 0 saturated heterocycles. The van der Waals surface area contributed by atoms with Crippen LogP contribution >= 0.6 is 0 Å². The van der Waals surface area contributed by atoms with Crippen LogP contribution in [0.1, 0.15) is 65.3 Å². The first-order chi connectivity index (χ1) is 19.4. The molecule has 0 aliphatic carbocycles. The zero-order chi connectivity index (χ0) is 28.7. The molecular weight excluding hydrogens is 508 g/mol.